The summed E-state index contributed by atoms with van der Waals surface area (Å²) in [5, 5.41) is 19.6. The van der Waals surface area contributed by atoms with Crippen molar-refractivity contribution in [1.82, 2.24) is 5.32 Å². The third-order valence-electron chi connectivity index (χ3n) is 2.43. The van der Waals surface area contributed by atoms with Crippen LogP contribution in [-0.2, 0) is 9.59 Å². The molecule has 0 radical (unpaired) electrons. The van der Waals surface area contributed by atoms with Crippen molar-refractivity contribution in [2.75, 3.05) is 0 Å². The van der Waals surface area contributed by atoms with Gasteiger partial charge in [0.05, 0.1) is 0 Å². The predicted octanol–water partition coefficient (Wildman–Crippen LogP) is 1.48. The summed E-state index contributed by atoms with van der Waals surface area (Å²) >= 11 is 0. The Morgan fingerprint density at radius 1 is 1.15 bits per heavy atom. The molecule has 0 saturated heterocycles. The maximum absolute atomic E-state index is 11.5. The number of ether oxygens (including phenoxy) is 1. The molecule has 20 heavy (non-hydrogen) atoms. The number of carboxylic acids is 2. The van der Waals surface area contributed by atoms with Crippen molar-refractivity contribution in [3.05, 3.63) is 30.3 Å². The second-order valence-electron chi connectivity index (χ2n) is 4.02. The topological polar surface area (TPSA) is 113 Å². The molecule has 1 rings (SSSR count). The monoisotopic (exact) mass is 281 g/mol. The summed E-state index contributed by atoms with van der Waals surface area (Å²) in [5.41, 5.74) is 0. The smallest absolute Gasteiger partial charge is 0.413 e. The first kappa shape index (κ1) is 15.5. The molecule has 0 aliphatic carbocycles. The molecular weight excluding hydrogens is 266 g/mol. The second-order valence-corrected chi connectivity index (χ2v) is 4.02. The summed E-state index contributed by atoms with van der Waals surface area (Å²) in [4.78, 5) is 32.8. The molecule has 0 bridgehead atoms. The van der Waals surface area contributed by atoms with Crippen molar-refractivity contribution in [3.8, 4) is 5.75 Å². The molecule has 3 N–H and O–H groups in total. The van der Waals surface area contributed by atoms with Crippen molar-refractivity contribution in [3.63, 3.8) is 0 Å². The van der Waals surface area contributed by atoms with Crippen LogP contribution in [0.15, 0.2) is 30.3 Å². The molecule has 0 aromatic heterocycles. The number of rotatable bonds is 7. The first-order valence-corrected chi connectivity index (χ1v) is 5.97. The predicted molar refractivity (Wildman–Crippen MR) is 68.5 cm³/mol. The third-order valence-corrected chi connectivity index (χ3v) is 2.43. The van der Waals surface area contributed by atoms with Crippen LogP contribution in [0.5, 0.6) is 5.75 Å². The third kappa shape index (κ3) is 5.85. The first-order valence-electron chi connectivity index (χ1n) is 5.97. The quantitative estimate of drug-likeness (QED) is 0.697. The zero-order chi connectivity index (χ0) is 15.0. The number of hydrogen-bond donors (Lipinski definition) is 3. The lowest BCUT2D eigenvalue weighted by Gasteiger charge is -2.13. The molecule has 1 amide bonds. The molecular formula is C13H15NO6. The molecule has 0 spiro atoms. The van der Waals surface area contributed by atoms with Crippen LogP contribution in [0.1, 0.15) is 19.3 Å². The fourth-order valence-corrected chi connectivity index (χ4v) is 1.48. The molecule has 7 nitrogen and oxygen atoms in total. The molecule has 0 heterocycles. The fraction of sp³-hybridized carbons (Fsp3) is 0.308. The van der Waals surface area contributed by atoms with Crippen LogP contribution < -0.4 is 10.1 Å². The van der Waals surface area contributed by atoms with E-state index in [9.17, 15) is 14.4 Å². The molecule has 0 fully saturated rings. The zero-order valence-electron chi connectivity index (χ0n) is 10.6. The lowest BCUT2D eigenvalue weighted by molar-refractivity contribution is -0.140. The van der Waals surface area contributed by atoms with Gasteiger partial charge in [0.15, 0.2) is 0 Å². The van der Waals surface area contributed by atoms with Crippen molar-refractivity contribution >= 4 is 18.0 Å². The average molecular weight is 281 g/mol. The molecule has 0 aliphatic heterocycles. The van der Waals surface area contributed by atoms with Crippen LogP contribution in [-0.4, -0.2) is 34.3 Å². The van der Waals surface area contributed by atoms with E-state index < -0.39 is 24.1 Å². The summed E-state index contributed by atoms with van der Waals surface area (Å²) < 4.78 is 4.89. The highest BCUT2D eigenvalue weighted by atomic mass is 16.6. The lowest BCUT2D eigenvalue weighted by atomic mass is 10.1. The van der Waals surface area contributed by atoms with E-state index in [1.807, 2.05) is 0 Å². The van der Waals surface area contributed by atoms with Crippen molar-refractivity contribution < 1.29 is 29.3 Å². The molecule has 0 unspecified atom stereocenters. The number of nitrogens with one attached hydrogen (secondary N) is 1. The van der Waals surface area contributed by atoms with E-state index in [4.69, 9.17) is 14.9 Å². The molecule has 1 aromatic rings. The Balaban J connectivity index is 2.46. The van der Waals surface area contributed by atoms with E-state index in [1.165, 1.54) is 0 Å². The van der Waals surface area contributed by atoms with Gasteiger partial charge in [0.2, 0.25) is 0 Å². The maximum atomic E-state index is 11.5. The van der Waals surface area contributed by atoms with E-state index in [0.29, 0.717) is 5.75 Å². The Bertz CT molecular complexity index is 473. The van der Waals surface area contributed by atoms with Gasteiger partial charge in [-0.3, -0.25) is 4.79 Å². The highest BCUT2D eigenvalue weighted by molar-refractivity contribution is 5.80. The zero-order valence-corrected chi connectivity index (χ0v) is 10.6. The van der Waals surface area contributed by atoms with Crippen molar-refractivity contribution in [2.24, 2.45) is 0 Å². The van der Waals surface area contributed by atoms with Crippen molar-refractivity contribution in [1.29, 1.82) is 0 Å². The number of hydrogen-bond acceptors (Lipinski definition) is 4. The number of para-hydroxylation sites is 1. The van der Waals surface area contributed by atoms with Gasteiger partial charge in [-0.2, -0.15) is 0 Å². The SMILES string of the molecule is O=C(O)CCC[C@@H](NC(=O)Oc1ccccc1)C(=O)O. The Labute approximate surface area is 115 Å². The van der Waals surface area contributed by atoms with Gasteiger partial charge in [-0.15, -0.1) is 0 Å². The Morgan fingerprint density at radius 3 is 2.35 bits per heavy atom. The fourth-order valence-electron chi connectivity index (χ4n) is 1.48. The Hall–Kier alpha value is -2.57. The first-order chi connectivity index (χ1) is 9.49. The summed E-state index contributed by atoms with van der Waals surface area (Å²) in [7, 11) is 0. The minimum Gasteiger partial charge on any atom is -0.481 e. The molecule has 108 valence electrons. The normalized spacial score (nSPS) is 11.4. The average Bonchev–Trinajstić information content (AvgIpc) is 2.38. The van der Waals surface area contributed by atoms with Crippen LogP contribution >= 0.6 is 0 Å². The van der Waals surface area contributed by atoms with Crippen LogP contribution in [0.25, 0.3) is 0 Å². The van der Waals surface area contributed by atoms with E-state index >= 15 is 0 Å². The number of benzene rings is 1. The standard InChI is InChI=1S/C13H15NO6/c15-11(16)8-4-7-10(12(17)18)14-13(19)20-9-5-2-1-3-6-9/h1-3,5-6,10H,4,7-8H2,(H,14,19)(H,15,16)(H,17,18)/t10-/m1/s1. The highest BCUT2D eigenvalue weighted by Gasteiger charge is 2.20. The van der Waals surface area contributed by atoms with Crippen LogP contribution in [0, 0.1) is 0 Å². The van der Waals surface area contributed by atoms with Gasteiger partial charge in [0.25, 0.3) is 0 Å². The number of aliphatic carboxylic acids is 2. The second kappa shape index (κ2) is 7.78. The summed E-state index contributed by atoms with van der Waals surface area (Å²) in [6, 6.07) is 7.02. The number of amides is 1. The molecule has 1 atom stereocenters. The van der Waals surface area contributed by atoms with Crippen molar-refractivity contribution in [2.45, 2.75) is 25.3 Å². The van der Waals surface area contributed by atoms with Gasteiger partial charge in [-0.05, 0) is 25.0 Å². The molecule has 7 heteroatoms. The van der Waals surface area contributed by atoms with Gasteiger partial charge in [0.1, 0.15) is 11.8 Å². The number of carbonyl (C=O) groups is 3. The summed E-state index contributed by atoms with van der Waals surface area (Å²) in [6.07, 6.45) is -0.873. The van der Waals surface area contributed by atoms with Crippen LogP contribution in [0.3, 0.4) is 0 Å². The van der Waals surface area contributed by atoms with Crippen LogP contribution in [0.2, 0.25) is 0 Å². The summed E-state index contributed by atoms with van der Waals surface area (Å²) in [6.45, 7) is 0. The number of carbonyl (C=O) groups excluding carboxylic acids is 1. The molecule has 0 aliphatic rings. The Morgan fingerprint density at radius 2 is 1.80 bits per heavy atom. The van der Waals surface area contributed by atoms with Gasteiger partial charge in [-0.25, -0.2) is 9.59 Å². The van der Waals surface area contributed by atoms with E-state index in [-0.39, 0.29) is 19.3 Å². The number of carboxylic acid groups (broad SMARTS) is 2. The summed E-state index contributed by atoms with van der Waals surface area (Å²) in [5.74, 6) is -1.96. The highest BCUT2D eigenvalue weighted by Crippen LogP contribution is 2.09. The molecule has 1 aromatic carbocycles. The van der Waals surface area contributed by atoms with E-state index in [2.05, 4.69) is 5.32 Å². The maximum Gasteiger partial charge on any atom is 0.413 e. The van der Waals surface area contributed by atoms with Gasteiger partial charge in [0, 0.05) is 6.42 Å². The minimum absolute atomic E-state index is 0.0194. The van der Waals surface area contributed by atoms with Gasteiger partial charge >= 0.3 is 18.0 Å². The Kier molecular flexibility index (Phi) is 6.02. The lowest BCUT2D eigenvalue weighted by Crippen LogP contribution is -2.42. The van der Waals surface area contributed by atoms with Crippen LogP contribution in [0.4, 0.5) is 4.79 Å². The van der Waals surface area contributed by atoms with Gasteiger partial charge in [-0.1, -0.05) is 18.2 Å². The van der Waals surface area contributed by atoms with Gasteiger partial charge < -0.3 is 20.3 Å². The largest absolute Gasteiger partial charge is 0.481 e. The van der Waals surface area contributed by atoms with E-state index in [0.717, 1.165) is 0 Å². The minimum atomic E-state index is -1.24. The molecule has 0 saturated carbocycles. The van der Waals surface area contributed by atoms with E-state index in [1.54, 1.807) is 30.3 Å².